The summed E-state index contributed by atoms with van der Waals surface area (Å²) in [5, 5.41) is 0. The molecule has 0 spiro atoms. The Balaban J connectivity index is 2.78. The minimum atomic E-state index is 0.406. The predicted octanol–water partition coefficient (Wildman–Crippen LogP) is 1.25. The molecular weight excluding hydrogens is 188 g/mol. The van der Waals surface area contributed by atoms with Crippen LogP contribution in [0.15, 0.2) is 18.2 Å². The highest BCUT2D eigenvalue weighted by molar-refractivity contribution is 7.56. The first-order valence-corrected chi connectivity index (χ1v) is 4.46. The number of imidazole rings is 1. The van der Waals surface area contributed by atoms with Gasteiger partial charge in [0, 0.05) is 6.07 Å². The topological polar surface area (TPSA) is 57.9 Å². The highest BCUT2D eigenvalue weighted by Gasteiger charge is 1.97. The zero-order chi connectivity index (χ0) is 9.26. The summed E-state index contributed by atoms with van der Waals surface area (Å²) < 4.78 is 16.0. The molecule has 0 radical (unpaired) electrons. The van der Waals surface area contributed by atoms with E-state index in [2.05, 4.69) is 9.97 Å². The first-order valence-electron chi connectivity index (χ1n) is 3.72. The van der Waals surface area contributed by atoms with E-state index in [-0.39, 0.29) is 0 Å². The molecule has 2 N–H and O–H groups in total. The number of aromatic amines is 2. The summed E-state index contributed by atoms with van der Waals surface area (Å²) in [4.78, 5) is 5.87. The zero-order valence-corrected chi connectivity index (χ0v) is 7.77. The van der Waals surface area contributed by atoms with Crippen LogP contribution in [0, 0.1) is 4.77 Å². The van der Waals surface area contributed by atoms with Crippen molar-refractivity contribution in [2.24, 2.45) is 0 Å². The van der Waals surface area contributed by atoms with Crippen LogP contribution in [-0.4, -0.2) is 21.3 Å². The standard InChI is InChI=1S/C8H8N2O2S/c1-12-5-2-3-6-7(4-5)10-8(9-6)13-11/h2-4,9-10H,1H3. The van der Waals surface area contributed by atoms with Gasteiger partial charge in [-0.3, -0.25) is 0 Å². The summed E-state index contributed by atoms with van der Waals surface area (Å²) in [7, 11) is 1.61. The van der Waals surface area contributed by atoms with Gasteiger partial charge in [0.25, 0.3) is 0 Å². The van der Waals surface area contributed by atoms with Crippen LogP contribution >= 0.6 is 0 Å². The summed E-state index contributed by atoms with van der Waals surface area (Å²) >= 11 is 0.406. The number of benzene rings is 1. The van der Waals surface area contributed by atoms with Crippen molar-refractivity contribution in [1.29, 1.82) is 0 Å². The van der Waals surface area contributed by atoms with Crippen molar-refractivity contribution >= 4 is 22.3 Å². The Hall–Kier alpha value is -1.49. The van der Waals surface area contributed by atoms with Gasteiger partial charge >= 0.3 is 0 Å². The fraction of sp³-hybridized carbons (Fsp3) is 0.125. The molecule has 0 aliphatic carbocycles. The second-order valence-electron chi connectivity index (χ2n) is 2.57. The summed E-state index contributed by atoms with van der Waals surface area (Å²) in [5.74, 6) is 0.769. The van der Waals surface area contributed by atoms with Crippen molar-refractivity contribution in [3.05, 3.63) is 23.0 Å². The van der Waals surface area contributed by atoms with Crippen LogP contribution in [0.3, 0.4) is 0 Å². The molecule has 0 saturated carbocycles. The number of hydrogen-bond donors (Lipinski definition) is 2. The van der Waals surface area contributed by atoms with Crippen molar-refractivity contribution < 1.29 is 8.95 Å². The molecule has 0 aliphatic heterocycles. The molecule has 1 aromatic heterocycles. The smallest absolute Gasteiger partial charge is 0.205 e. The molecule has 0 bridgehead atoms. The average Bonchev–Trinajstić information content (AvgIpc) is 2.58. The lowest BCUT2D eigenvalue weighted by Crippen LogP contribution is -1.80. The molecule has 2 aromatic rings. The quantitative estimate of drug-likeness (QED) is 0.674. The third kappa shape index (κ3) is 1.38. The molecule has 0 atom stereocenters. The molecule has 1 aromatic carbocycles. The Bertz CT molecular complexity index is 522. The lowest BCUT2D eigenvalue weighted by molar-refractivity contribution is 0.415. The summed E-state index contributed by atoms with van der Waals surface area (Å²) in [6.45, 7) is 0. The highest BCUT2D eigenvalue weighted by atomic mass is 32.1. The molecule has 2 rings (SSSR count). The zero-order valence-electron chi connectivity index (χ0n) is 6.96. The maximum absolute atomic E-state index is 10.5. The maximum Gasteiger partial charge on any atom is 0.205 e. The molecule has 1 heterocycles. The van der Waals surface area contributed by atoms with Crippen LogP contribution in [0.1, 0.15) is 0 Å². The minimum Gasteiger partial charge on any atom is -0.497 e. The Morgan fingerprint density at radius 1 is 1.31 bits per heavy atom. The lowest BCUT2D eigenvalue weighted by atomic mass is 10.3. The SMILES string of the molecule is COc1ccc2[nH]c(=S=O)[nH]c2c1. The van der Waals surface area contributed by atoms with Crippen molar-refractivity contribution in [2.45, 2.75) is 0 Å². The van der Waals surface area contributed by atoms with Gasteiger partial charge in [-0.15, -0.1) is 0 Å². The molecule has 68 valence electrons. The van der Waals surface area contributed by atoms with Crippen LogP contribution in [0.2, 0.25) is 0 Å². The van der Waals surface area contributed by atoms with Gasteiger partial charge in [-0.05, 0) is 12.1 Å². The first kappa shape index (κ1) is 8.12. The summed E-state index contributed by atoms with van der Waals surface area (Å²) in [6.07, 6.45) is 0. The normalized spacial score (nSPS) is 10.2. The molecule has 0 aliphatic rings. The van der Waals surface area contributed by atoms with Crippen LogP contribution in [0.25, 0.3) is 11.0 Å². The second kappa shape index (κ2) is 3.10. The number of fused-ring (bicyclic) bond motifs is 1. The van der Waals surface area contributed by atoms with E-state index >= 15 is 0 Å². The van der Waals surface area contributed by atoms with Gasteiger partial charge in [0.2, 0.25) is 4.77 Å². The summed E-state index contributed by atoms with van der Waals surface area (Å²) in [5.41, 5.74) is 1.77. The third-order valence-electron chi connectivity index (χ3n) is 1.81. The fourth-order valence-electron chi connectivity index (χ4n) is 1.18. The van der Waals surface area contributed by atoms with E-state index in [9.17, 15) is 4.21 Å². The molecule has 0 saturated heterocycles. The van der Waals surface area contributed by atoms with E-state index in [4.69, 9.17) is 4.74 Å². The van der Waals surface area contributed by atoms with Gasteiger partial charge < -0.3 is 14.7 Å². The van der Waals surface area contributed by atoms with Crippen molar-refractivity contribution in [2.75, 3.05) is 7.11 Å². The molecule has 5 heteroatoms. The molecule has 4 nitrogen and oxygen atoms in total. The average molecular weight is 196 g/mol. The number of methoxy groups -OCH3 is 1. The van der Waals surface area contributed by atoms with Crippen LogP contribution < -0.4 is 4.74 Å². The van der Waals surface area contributed by atoms with Gasteiger partial charge in [0.05, 0.1) is 18.1 Å². The van der Waals surface area contributed by atoms with Gasteiger partial charge in [-0.25, -0.2) is 4.21 Å². The van der Waals surface area contributed by atoms with Crippen molar-refractivity contribution in [1.82, 2.24) is 9.97 Å². The van der Waals surface area contributed by atoms with E-state index in [1.165, 1.54) is 0 Å². The molecular formula is C8H8N2O2S. The summed E-state index contributed by atoms with van der Waals surface area (Å²) in [6, 6.07) is 5.54. The van der Waals surface area contributed by atoms with Crippen molar-refractivity contribution in [3.8, 4) is 5.75 Å². The number of H-pyrrole nitrogens is 2. The van der Waals surface area contributed by atoms with E-state index in [1.54, 1.807) is 7.11 Å². The molecule has 0 amide bonds. The second-order valence-corrected chi connectivity index (χ2v) is 3.15. The van der Waals surface area contributed by atoms with E-state index < -0.39 is 0 Å². The Morgan fingerprint density at radius 2 is 2.08 bits per heavy atom. The number of ether oxygens (including phenoxy) is 1. The van der Waals surface area contributed by atoms with E-state index in [1.807, 2.05) is 18.2 Å². The molecule has 13 heavy (non-hydrogen) atoms. The number of aromatic nitrogens is 2. The Morgan fingerprint density at radius 3 is 2.77 bits per heavy atom. The largest absolute Gasteiger partial charge is 0.497 e. The van der Waals surface area contributed by atoms with E-state index in [0.717, 1.165) is 16.8 Å². The number of nitrogens with one attached hydrogen (secondary N) is 2. The fourth-order valence-corrected chi connectivity index (χ4v) is 1.48. The van der Waals surface area contributed by atoms with Crippen LogP contribution in [0.4, 0.5) is 0 Å². The van der Waals surface area contributed by atoms with Gasteiger partial charge in [0.1, 0.15) is 17.0 Å². The number of rotatable bonds is 1. The minimum absolute atomic E-state index is 0.406. The Labute approximate surface area is 77.6 Å². The third-order valence-corrected chi connectivity index (χ3v) is 2.18. The Kier molecular flexibility index (Phi) is 1.94. The molecule has 0 unspecified atom stereocenters. The van der Waals surface area contributed by atoms with Crippen LogP contribution in [-0.2, 0) is 11.3 Å². The van der Waals surface area contributed by atoms with Crippen molar-refractivity contribution in [3.63, 3.8) is 0 Å². The van der Waals surface area contributed by atoms with Gasteiger partial charge in [-0.2, -0.15) is 0 Å². The van der Waals surface area contributed by atoms with E-state index in [0.29, 0.717) is 16.0 Å². The highest BCUT2D eigenvalue weighted by Crippen LogP contribution is 2.16. The van der Waals surface area contributed by atoms with Crippen LogP contribution in [0.5, 0.6) is 5.75 Å². The number of hydrogen-bond acceptors (Lipinski definition) is 2. The monoisotopic (exact) mass is 196 g/mol. The predicted molar refractivity (Wildman–Crippen MR) is 50.6 cm³/mol. The van der Waals surface area contributed by atoms with Gasteiger partial charge in [0.15, 0.2) is 0 Å². The lowest BCUT2D eigenvalue weighted by Gasteiger charge is -1.96. The first-order chi connectivity index (χ1) is 6.33. The maximum atomic E-state index is 10.5. The molecule has 0 fully saturated rings. The van der Waals surface area contributed by atoms with Gasteiger partial charge in [-0.1, -0.05) is 0 Å².